The number of anilines is 1. The van der Waals surface area contributed by atoms with Gasteiger partial charge in [0.2, 0.25) is 5.89 Å². The molecule has 2 aromatic heterocycles. The van der Waals surface area contributed by atoms with Crippen molar-refractivity contribution in [3.8, 4) is 0 Å². The van der Waals surface area contributed by atoms with E-state index in [9.17, 15) is 0 Å². The third kappa shape index (κ3) is 3.58. The van der Waals surface area contributed by atoms with Gasteiger partial charge in [-0.05, 0) is 24.9 Å². The van der Waals surface area contributed by atoms with Gasteiger partial charge in [-0.3, -0.25) is 0 Å². The van der Waals surface area contributed by atoms with Gasteiger partial charge in [0, 0.05) is 16.8 Å². The average molecular weight is 294 g/mol. The van der Waals surface area contributed by atoms with Crippen molar-refractivity contribution in [1.29, 1.82) is 0 Å². The Morgan fingerprint density at radius 3 is 2.85 bits per heavy atom. The van der Waals surface area contributed by atoms with Gasteiger partial charge in [0.15, 0.2) is 0 Å². The molecule has 20 heavy (non-hydrogen) atoms. The molecule has 0 fully saturated rings. The lowest BCUT2D eigenvalue weighted by atomic mass is 9.91. The summed E-state index contributed by atoms with van der Waals surface area (Å²) in [6.45, 7) is 10.1. The molecule has 0 saturated heterocycles. The molecular formula is C14H22N4OS. The molecule has 0 aliphatic heterocycles. The maximum absolute atomic E-state index is 5.62. The third-order valence-corrected chi connectivity index (χ3v) is 4.43. The van der Waals surface area contributed by atoms with Gasteiger partial charge in [0.1, 0.15) is 0 Å². The van der Waals surface area contributed by atoms with Crippen LogP contribution in [0.4, 0.5) is 6.01 Å². The van der Waals surface area contributed by atoms with Crippen LogP contribution in [0.25, 0.3) is 0 Å². The van der Waals surface area contributed by atoms with Crippen LogP contribution in [0.3, 0.4) is 0 Å². The molecule has 5 nitrogen and oxygen atoms in total. The van der Waals surface area contributed by atoms with Gasteiger partial charge in [-0.1, -0.05) is 31.9 Å². The first-order chi connectivity index (χ1) is 9.53. The molecule has 2 rings (SSSR count). The van der Waals surface area contributed by atoms with E-state index in [1.54, 1.807) is 11.3 Å². The fraction of sp³-hybridized carbons (Fsp3) is 0.571. The predicted octanol–water partition coefficient (Wildman–Crippen LogP) is 3.19. The maximum atomic E-state index is 5.62. The Hall–Kier alpha value is -1.40. The topological polar surface area (TPSA) is 63.0 Å². The normalized spacial score (nSPS) is 13.4. The van der Waals surface area contributed by atoms with Crippen molar-refractivity contribution in [3.05, 3.63) is 28.3 Å². The van der Waals surface area contributed by atoms with Crippen LogP contribution in [0.2, 0.25) is 0 Å². The second kappa shape index (κ2) is 6.37. The molecule has 0 radical (unpaired) electrons. The monoisotopic (exact) mass is 294 g/mol. The minimum Gasteiger partial charge on any atom is -0.406 e. The van der Waals surface area contributed by atoms with Crippen LogP contribution in [-0.2, 0) is 5.41 Å². The highest BCUT2D eigenvalue weighted by atomic mass is 32.1. The summed E-state index contributed by atoms with van der Waals surface area (Å²) in [5.41, 5.74) is 0.0378. The molecule has 0 spiro atoms. The first-order valence-corrected chi connectivity index (χ1v) is 7.75. The number of nitrogens with zero attached hydrogens (tertiary/aromatic N) is 2. The van der Waals surface area contributed by atoms with E-state index in [1.807, 2.05) is 6.92 Å². The van der Waals surface area contributed by atoms with Gasteiger partial charge in [0.25, 0.3) is 0 Å². The van der Waals surface area contributed by atoms with E-state index in [0.29, 0.717) is 11.9 Å². The van der Waals surface area contributed by atoms with Crippen LogP contribution in [0.5, 0.6) is 0 Å². The fourth-order valence-electron chi connectivity index (χ4n) is 1.92. The first kappa shape index (κ1) is 15.0. The summed E-state index contributed by atoms with van der Waals surface area (Å²) in [5.74, 6) is 0.614. The van der Waals surface area contributed by atoms with E-state index >= 15 is 0 Å². The van der Waals surface area contributed by atoms with E-state index in [2.05, 4.69) is 59.1 Å². The molecule has 6 heteroatoms. The van der Waals surface area contributed by atoms with Gasteiger partial charge in [-0.25, -0.2) is 0 Å². The largest absolute Gasteiger partial charge is 0.406 e. The summed E-state index contributed by atoms with van der Waals surface area (Å²) < 4.78 is 5.62. The van der Waals surface area contributed by atoms with Crippen LogP contribution < -0.4 is 10.6 Å². The van der Waals surface area contributed by atoms with Crippen molar-refractivity contribution in [3.63, 3.8) is 0 Å². The number of aromatic nitrogens is 2. The van der Waals surface area contributed by atoms with Gasteiger partial charge < -0.3 is 15.1 Å². The SMILES string of the molecule is CCNC(C)c1nnc(NCC(C)(C)c2cccs2)o1. The van der Waals surface area contributed by atoms with Crippen molar-refractivity contribution in [2.45, 2.75) is 39.2 Å². The Labute approximate surface area is 123 Å². The van der Waals surface area contributed by atoms with Crippen molar-refractivity contribution in [2.75, 3.05) is 18.4 Å². The minimum atomic E-state index is 0.0378. The molecule has 0 aliphatic rings. The predicted molar refractivity (Wildman–Crippen MR) is 82.2 cm³/mol. The highest BCUT2D eigenvalue weighted by molar-refractivity contribution is 7.10. The van der Waals surface area contributed by atoms with Crippen molar-refractivity contribution in [2.24, 2.45) is 0 Å². The minimum absolute atomic E-state index is 0.0378. The summed E-state index contributed by atoms with van der Waals surface area (Å²) in [5, 5.41) is 16.7. The molecule has 0 aliphatic carbocycles. The van der Waals surface area contributed by atoms with Crippen molar-refractivity contribution >= 4 is 17.4 Å². The Balaban J connectivity index is 1.94. The molecule has 0 saturated carbocycles. The van der Waals surface area contributed by atoms with Gasteiger partial charge in [-0.15, -0.1) is 16.4 Å². The fourth-order valence-corrected chi connectivity index (χ4v) is 2.77. The van der Waals surface area contributed by atoms with E-state index in [1.165, 1.54) is 4.88 Å². The van der Waals surface area contributed by atoms with E-state index < -0.39 is 0 Å². The molecule has 2 aromatic rings. The average Bonchev–Trinajstić information content (AvgIpc) is 3.08. The lowest BCUT2D eigenvalue weighted by Gasteiger charge is -2.22. The molecule has 1 atom stereocenters. The van der Waals surface area contributed by atoms with Gasteiger partial charge >= 0.3 is 6.01 Å². The molecule has 0 bridgehead atoms. The molecule has 1 unspecified atom stereocenters. The molecule has 110 valence electrons. The van der Waals surface area contributed by atoms with Crippen molar-refractivity contribution < 1.29 is 4.42 Å². The molecular weight excluding hydrogens is 272 g/mol. The summed E-state index contributed by atoms with van der Waals surface area (Å²) in [7, 11) is 0. The number of thiophene rings is 1. The van der Waals surface area contributed by atoms with Crippen LogP contribution in [0.1, 0.15) is 44.5 Å². The van der Waals surface area contributed by atoms with Crippen molar-refractivity contribution in [1.82, 2.24) is 15.5 Å². The molecule has 2 heterocycles. The molecule has 0 aromatic carbocycles. The Kier molecular flexibility index (Phi) is 4.77. The van der Waals surface area contributed by atoms with Crippen LogP contribution >= 0.6 is 11.3 Å². The van der Waals surface area contributed by atoms with Gasteiger partial charge in [0.05, 0.1) is 6.04 Å². The number of nitrogens with one attached hydrogen (secondary N) is 2. The lowest BCUT2D eigenvalue weighted by molar-refractivity contribution is 0.426. The van der Waals surface area contributed by atoms with Crippen LogP contribution in [0.15, 0.2) is 21.9 Å². The second-order valence-corrected chi connectivity index (χ2v) is 6.39. The zero-order valence-corrected chi connectivity index (χ0v) is 13.3. The van der Waals surface area contributed by atoms with Crippen LogP contribution in [-0.4, -0.2) is 23.3 Å². The van der Waals surface area contributed by atoms with Gasteiger partial charge in [-0.2, -0.15) is 0 Å². The van der Waals surface area contributed by atoms with E-state index in [4.69, 9.17) is 4.42 Å². The highest BCUT2D eigenvalue weighted by Crippen LogP contribution is 2.27. The summed E-state index contributed by atoms with van der Waals surface area (Å²) in [6.07, 6.45) is 0. The number of rotatable bonds is 7. The van der Waals surface area contributed by atoms with E-state index in [-0.39, 0.29) is 11.5 Å². The lowest BCUT2D eigenvalue weighted by Crippen LogP contribution is -2.26. The summed E-state index contributed by atoms with van der Waals surface area (Å²) in [6, 6.07) is 4.78. The summed E-state index contributed by atoms with van der Waals surface area (Å²) in [4.78, 5) is 1.34. The zero-order valence-electron chi connectivity index (χ0n) is 12.4. The first-order valence-electron chi connectivity index (χ1n) is 6.87. The zero-order chi connectivity index (χ0) is 14.6. The Morgan fingerprint density at radius 2 is 2.20 bits per heavy atom. The highest BCUT2D eigenvalue weighted by Gasteiger charge is 2.22. The maximum Gasteiger partial charge on any atom is 0.315 e. The quantitative estimate of drug-likeness (QED) is 0.821. The Morgan fingerprint density at radius 1 is 1.40 bits per heavy atom. The number of hydrogen-bond donors (Lipinski definition) is 2. The number of hydrogen-bond acceptors (Lipinski definition) is 6. The standard InChI is InChI=1S/C14H22N4OS/c1-5-15-10(2)12-17-18-13(19-12)16-9-14(3,4)11-7-6-8-20-11/h6-8,10,15H,5,9H2,1-4H3,(H,16,18). The second-order valence-electron chi connectivity index (χ2n) is 5.44. The molecule has 0 amide bonds. The molecule has 2 N–H and O–H groups in total. The van der Waals surface area contributed by atoms with E-state index in [0.717, 1.165) is 13.1 Å². The smallest absolute Gasteiger partial charge is 0.315 e. The van der Waals surface area contributed by atoms with Crippen LogP contribution in [0, 0.1) is 0 Å². The third-order valence-electron chi connectivity index (χ3n) is 3.19. The summed E-state index contributed by atoms with van der Waals surface area (Å²) >= 11 is 1.77. The Bertz CT molecular complexity index is 521.